The highest BCUT2D eigenvalue weighted by Crippen LogP contribution is 2.39. The Labute approximate surface area is 231 Å². The van der Waals surface area contributed by atoms with E-state index in [1.807, 2.05) is 12.1 Å². The van der Waals surface area contributed by atoms with Gasteiger partial charge in [-0.25, -0.2) is 28.1 Å². The summed E-state index contributed by atoms with van der Waals surface area (Å²) < 4.78 is 38.2. The number of ether oxygens (including phenoxy) is 1. The third-order valence-electron chi connectivity index (χ3n) is 6.57. The van der Waals surface area contributed by atoms with Crippen molar-refractivity contribution in [2.45, 2.75) is 37.4 Å². The maximum absolute atomic E-state index is 14.6. The predicted molar refractivity (Wildman–Crippen MR) is 138 cm³/mol. The van der Waals surface area contributed by atoms with Crippen LogP contribution in [0.3, 0.4) is 0 Å². The van der Waals surface area contributed by atoms with Crippen molar-refractivity contribution >= 4 is 37.5 Å². The first-order valence-corrected chi connectivity index (χ1v) is 13.4. The van der Waals surface area contributed by atoms with Crippen LogP contribution in [0.1, 0.15) is 23.8 Å². The average Bonchev–Trinajstić information content (AvgIpc) is 3.67. The van der Waals surface area contributed by atoms with Gasteiger partial charge in [-0.3, -0.25) is 0 Å². The molecular formula is C24H20BrF2N7O4S. The van der Waals surface area contributed by atoms with Crippen molar-refractivity contribution in [2.75, 3.05) is 6.61 Å². The molecule has 5 atom stereocenters. The van der Waals surface area contributed by atoms with E-state index >= 15 is 0 Å². The smallest absolute Gasteiger partial charge is 0.173 e. The lowest BCUT2D eigenvalue weighted by molar-refractivity contribution is -0.210. The number of thiazole rings is 1. The molecule has 11 nitrogen and oxygen atoms in total. The number of aliphatic hydroxyl groups is 3. The summed E-state index contributed by atoms with van der Waals surface area (Å²) >= 11 is 4.40. The standard InChI is InChI=1S/C24H20BrF2N7O4S/c1-10-29-24(34(31-10)11-2-5-14-17(6-11)39-9-28-14)23-22(37)20(21(36)16(8-35)38-23)33-7-15(30-32-33)12-3-4-13(25)19(27)18(12)26/h2-7,9,16,20-23,35-37H,8H2,1H3/t16-,20+,21+,22-,23-/m1/s1. The SMILES string of the molecule is Cc1nc([C@@H]2O[C@H](CO)[C@H](O)[C@H](n3cc(-c4ccc(Br)c(F)c4F)nn3)[C@H]2O)n(-c2ccc3ncsc3c2)n1. The van der Waals surface area contributed by atoms with Crippen LogP contribution in [0.15, 0.2) is 46.5 Å². The van der Waals surface area contributed by atoms with E-state index in [-0.39, 0.29) is 21.6 Å². The van der Waals surface area contributed by atoms with E-state index in [1.165, 1.54) is 34.3 Å². The molecule has 0 saturated carbocycles. The lowest BCUT2D eigenvalue weighted by Crippen LogP contribution is -2.53. The molecule has 39 heavy (non-hydrogen) atoms. The van der Waals surface area contributed by atoms with E-state index in [0.717, 1.165) is 14.9 Å². The normalized spacial score (nSPS) is 23.5. The Morgan fingerprint density at radius 2 is 1.95 bits per heavy atom. The monoisotopic (exact) mass is 619 g/mol. The zero-order chi connectivity index (χ0) is 27.4. The Morgan fingerprint density at radius 3 is 2.74 bits per heavy atom. The Hall–Kier alpha value is -3.21. The van der Waals surface area contributed by atoms with Crippen LogP contribution in [-0.4, -0.2) is 75.0 Å². The molecule has 0 radical (unpaired) electrons. The van der Waals surface area contributed by atoms with Crippen molar-refractivity contribution in [1.82, 2.24) is 34.7 Å². The summed E-state index contributed by atoms with van der Waals surface area (Å²) in [6.45, 7) is 1.11. The first-order valence-electron chi connectivity index (χ1n) is 11.7. The minimum Gasteiger partial charge on any atom is -0.394 e. The van der Waals surface area contributed by atoms with Crippen LogP contribution in [-0.2, 0) is 4.74 Å². The molecule has 3 aromatic heterocycles. The molecule has 0 unspecified atom stereocenters. The van der Waals surface area contributed by atoms with Gasteiger partial charge in [0.1, 0.15) is 42.0 Å². The van der Waals surface area contributed by atoms with Gasteiger partial charge in [0.2, 0.25) is 0 Å². The minimum absolute atomic E-state index is 0.0150. The van der Waals surface area contributed by atoms with Gasteiger partial charge >= 0.3 is 0 Å². The number of aliphatic hydroxyl groups excluding tert-OH is 3. The van der Waals surface area contributed by atoms with Crippen molar-refractivity contribution in [3.05, 3.63) is 69.8 Å². The molecule has 1 aliphatic rings. The number of halogens is 3. The quantitative estimate of drug-likeness (QED) is 0.253. The third kappa shape index (κ3) is 4.44. The summed E-state index contributed by atoms with van der Waals surface area (Å²) in [6, 6.07) is 7.01. The van der Waals surface area contributed by atoms with Gasteiger partial charge in [0.05, 0.1) is 38.7 Å². The molecule has 3 N–H and O–H groups in total. The van der Waals surface area contributed by atoms with Crippen LogP contribution in [0.4, 0.5) is 8.78 Å². The zero-order valence-electron chi connectivity index (χ0n) is 20.1. The zero-order valence-corrected chi connectivity index (χ0v) is 22.5. The van der Waals surface area contributed by atoms with Crippen LogP contribution >= 0.6 is 27.3 Å². The third-order valence-corrected chi connectivity index (χ3v) is 7.98. The van der Waals surface area contributed by atoms with E-state index in [9.17, 15) is 24.1 Å². The highest BCUT2D eigenvalue weighted by atomic mass is 79.9. The van der Waals surface area contributed by atoms with Crippen molar-refractivity contribution in [2.24, 2.45) is 0 Å². The minimum atomic E-state index is -1.45. The van der Waals surface area contributed by atoms with E-state index in [0.29, 0.717) is 11.5 Å². The molecule has 6 rings (SSSR count). The van der Waals surface area contributed by atoms with Crippen LogP contribution in [0, 0.1) is 18.6 Å². The second-order valence-corrected chi connectivity index (χ2v) is 10.7. The fourth-order valence-electron chi connectivity index (χ4n) is 4.68. The molecule has 5 aromatic rings. The van der Waals surface area contributed by atoms with E-state index in [4.69, 9.17) is 4.74 Å². The van der Waals surface area contributed by atoms with Gasteiger partial charge < -0.3 is 20.1 Å². The number of benzene rings is 2. The molecule has 0 spiro atoms. The first kappa shape index (κ1) is 26.0. The summed E-state index contributed by atoms with van der Waals surface area (Å²) in [5.74, 6) is -1.57. The van der Waals surface area contributed by atoms with Crippen LogP contribution in [0.2, 0.25) is 0 Å². The topological polar surface area (TPSA) is 144 Å². The number of fused-ring (bicyclic) bond motifs is 1. The van der Waals surface area contributed by atoms with Gasteiger partial charge in [-0.15, -0.1) is 16.4 Å². The van der Waals surface area contributed by atoms with Crippen molar-refractivity contribution in [1.29, 1.82) is 0 Å². The van der Waals surface area contributed by atoms with Crippen LogP contribution in [0.5, 0.6) is 0 Å². The molecule has 1 saturated heterocycles. The van der Waals surface area contributed by atoms with Gasteiger partial charge in [0, 0.05) is 5.56 Å². The molecule has 0 amide bonds. The first-order chi connectivity index (χ1) is 18.8. The van der Waals surface area contributed by atoms with Crippen LogP contribution in [0.25, 0.3) is 27.2 Å². The molecule has 0 bridgehead atoms. The molecule has 202 valence electrons. The fraction of sp³-hybridized carbons (Fsp3) is 0.292. The average molecular weight is 620 g/mol. The highest BCUT2D eigenvalue weighted by Gasteiger charge is 2.48. The van der Waals surface area contributed by atoms with E-state index in [2.05, 4.69) is 41.3 Å². The van der Waals surface area contributed by atoms with Gasteiger partial charge in [0.25, 0.3) is 0 Å². The number of rotatable bonds is 5. The largest absolute Gasteiger partial charge is 0.394 e. The molecule has 4 heterocycles. The summed E-state index contributed by atoms with van der Waals surface area (Å²) in [6.07, 6.45) is -3.87. The molecule has 2 aromatic carbocycles. The maximum atomic E-state index is 14.6. The van der Waals surface area contributed by atoms with Crippen molar-refractivity contribution in [3.63, 3.8) is 0 Å². The number of aromatic nitrogens is 7. The second-order valence-electron chi connectivity index (χ2n) is 8.99. The fourth-order valence-corrected chi connectivity index (χ4v) is 5.69. The number of aryl methyl sites for hydroxylation is 1. The summed E-state index contributed by atoms with van der Waals surface area (Å²) in [7, 11) is 0. The van der Waals surface area contributed by atoms with Crippen LogP contribution < -0.4 is 0 Å². The Balaban J connectivity index is 1.39. The molecular weight excluding hydrogens is 600 g/mol. The van der Waals surface area contributed by atoms with Crippen molar-refractivity contribution < 1.29 is 28.8 Å². The molecule has 1 fully saturated rings. The summed E-state index contributed by atoms with van der Waals surface area (Å²) in [5, 5.41) is 44.8. The maximum Gasteiger partial charge on any atom is 0.173 e. The van der Waals surface area contributed by atoms with E-state index < -0.39 is 48.7 Å². The number of hydrogen-bond acceptors (Lipinski definition) is 10. The van der Waals surface area contributed by atoms with Gasteiger partial charge in [0.15, 0.2) is 17.5 Å². The predicted octanol–water partition coefficient (Wildman–Crippen LogP) is 2.88. The van der Waals surface area contributed by atoms with E-state index in [1.54, 1.807) is 18.5 Å². The Kier molecular flexibility index (Phi) is 6.73. The Morgan fingerprint density at radius 1 is 1.13 bits per heavy atom. The van der Waals surface area contributed by atoms with Gasteiger partial charge in [-0.2, -0.15) is 5.10 Å². The number of nitrogens with zero attached hydrogens (tertiary/aromatic N) is 7. The van der Waals surface area contributed by atoms with Gasteiger partial charge in [-0.05, 0) is 53.2 Å². The van der Waals surface area contributed by atoms with Crippen molar-refractivity contribution in [3.8, 4) is 16.9 Å². The second kappa shape index (κ2) is 10.1. The number of hydrogen-bond donors (Lipinski definition) is 3. The summed E-state index contributed by atoms with van der Waals surface area (Å²) in [4.78, 5) is 8.77. The lowest BCUT2D eigenvalue weighted by atomic mass is 9.92. The molecule has 15 heteroatoms. The highest BCUT2D eigenvalue weighted by molar-refractivity contribution is 9.10. The lowest BCUT2D eigenvalue weighted by Gasteiger charge is -2.41. The summed E-state index contributed by atoms with van der Waals surface area (Å²) in [5.41, 5.74) is 3.04. The molecule has 0 aliphatic carbocycles. The molecule has 1 aliphatic heterocycles. The van der Waals surface area contributed by atoms with Gasteiger partial charge in [-0.1, -0.05) is 5.21 Å². The Bertz CT molecular complexity index is 1680.